The van der Waals surface area contributed by atoms with Gasteiger partial charge in [0.25, 0.3) is 0 Å². The Labute approximate surface area is 185 Å². The minimum atomic E-state index is 0.0535. The van der Waals surface area contributed by atoms with E-state index >= 15 is 0 Å². The van der Waals surface area contributed by atoms with Crippen LogP contribution in [0.15, 0.2) is 54.6 Å². The fourth-order valence-corrected chi connectivity index (χ4v) is 6.04. The van der Waals surface area contributed by atoms with E-state index in [4.69, 9.17) is 27.9 Å². The van der Waals surface area contributed by atoms with Crippen molar-refractivity contribution in [2.75, 3.05) is 11.9 Å². The van der Waals surface area contributed by atoms with Crippen molar-refractivity contribution < 1.29 is 4.74 Å². The summed E-state index contributed by atoms with van der Waals surface area (Å²) in [5.41, 5.74) is 6.07. The number of nitrogens with zero attached hydrogens (tertiary/aromatic N) is 1. The molecule has 1 fully saturated rings. The number of anilines is 1. The summed E-state index contributed by atoms with van der Waals surface area (Å²) in [6, 6.07) is 19.0. The summed E-state index contributed by atoms with van der Waals surface area (Å²) in [4.78, 5) is 0. The van der Waals surface area contributed by atoms with Gasteiger partial charge in [0.1, 0.15) is 0 Å². The van der Waals surface area contributed by atoms with Crippen LogP contribution in [0.25, 0.3) is 21.8 Å². The standard InChI is InChI=1S/C25H22Cl2N2O/c1-2-29-20-6-4-3-5-16(20)22-21(29)10-9-19-23(22)25-17(11-12-30-25)24(28-19)15-8-7-14(26)13-18(15)27/h3-10,13,17,24-25,28H,2,11-12H2,1H3/t17-,24-,25-/m0/s1. The predicted octanol–water partition coefficient (Wildman–Crippen LogP) is 7.37. The summed E-state index contributed by atoms with van der Waals surface area (Å²) in [6.07, 6.45) is 1.06. The van der Waals surface area contributed by atoms with Gasteiger partial charge in [-0.05, 0) is 49.2 Å². The minimum Gasteiger partial charge on any atom is -0.377 e. The largest absolute Gasteiger partial charge is 0.377 e. The molecule has 0 amide bonds. The molecule has 3 nitrogen and oxygen atoms in total. The summed E-state index contributed by atoms with van der Waals surface area (Å²) < 4.78 is 8.78. The molecular formula is C25H22Cl2N2O. The average Bonchev–Trinajstić information content (AvgIpc) is 3.36. The van der Waals surface area contributed by atoms with Gasteiger partial charge in [0.05, 0.1) is 12.1 Å². The third-order valence-electron chi connectivity index (χ3n) is 6.75. The highest BCUT2D eigenvalue weighted by molar-refractivity contribution is 6.35. The van der Waals surface area contributed by atoms with E-state index in [0.717, 1.165) is 30.8 Å². The van der Waals surface area contributed by atoms with Crippen molar-refractivity contribution in [2.45, 2.75) is 32.0 Å². The van der Waals surface area contributed by atoms with Gasteiger partial charge in [-0.25, -0.2) is 0 Å². The topological polar surface area (TPSA) is 26.2 Å². The molecule has 0 aliphatic carbocycles. The molecule has 30 heavy (non-hydrogen) atoms. The number of para-hydroxylation sites is 1. The van der Waals surface area contributed by atoms with E-state index in [2.05, 4.69) is 53.2 Å². The summed E-state index contributed by atoms with van der Waals surface area (Å²) in [6.45, 7) is 3.91. The number of aromatic nitrogens is 1. The lowest BCUT2D eigenvalue weighted by atomic mass is 9.79. The maximum absolute atomic E-state index is 6.61. The van der Waals surface area contributed by atoms with Crippen molar-refractivity contribution >= 4 is 50.7 Å². The minimum absolute atomic E-state index is 0.0535. The van der Waals surface area contributed by atoms with Crippen molar-refractivity contribution in [1.82, 2.24) is 4.57 Å². The molecule has 5 heteroatoms. The monoisotopic (exact) mass is 436 g/mol. The van der Waals surface area contributed by atoms with Gasteiger partial charge in [0, 0.05) is 62.2 Å². The molecule has 1 aromatic heterocycles. The molecule has 3 heterocycles. The van der Waals surface area contributed by atoms with E-state index in [-0.39, 0.29) is 12.1 Å². The highest BCUT2D eigenvalue weighted by Gasteiger charge is 2.43. The van der Waals surface area contributed by atoms with Crippen LogP contribution in [-0.2, 0) is 11.3 Å². The van der Waals surface area contributed by atoms with Crippen molar-refractivity contribution in [3.8, 4) is 0 Å². The number of hydrogen-bond acceptors (Lipinski definition) is 2. The van der Waals surface area contributed by atoms with E-state index in [9.17, 15) is 0 Å². The first-order valence-corrected chi connectivity index (χ1v) is 11.3. The second-order valence-electron chi connectivity index (χ2n) is 8.21. The zero-order valence-corrected chi connectivity index (χ0v) is 18.2. The SMILES string of the molecule is CCn1c2ccccc2c2c3c(ccc21)N[C@@H](c1ccc(Cl)cc1Cl)[C@@H]1CCO[C@H]31. The van der Waals surface area contributed by atoms with Crippen LogP contribution in [0.1, 0.15) is 36.6 Å². The van der Waals surface area contributed by atoms with Crippen LogP contribution in [0.4, 0.5) is 5.69 Å². The van der Waals surface area contributed by atoms with Crippen LogP contribution in [0, 0.1) is 5.92 Å². The smallest absolute Gasteiger partial charge is 0.0903 e. The fraction of sp³-hybridized carbons (Fsp3) is 0.280. The summed E-state index contributed by atoms with van der Waals surface area (Å²) >= 11 is 12.8. The molecule has 4 aromatic rings. The van der Waals surface area contributed by atoms with E-state index in [1.807, 2.05) is 18.2 Å². The molecule has 1 saturated heterocycles. The van der Waals surface area contributed by atoms with Crippen LogP contribution in [0.2, 0.25) is 10.0 Å². The third-order valence-corrected chi connectivity index (χ3v) is 7.32. The lowest BCUT2D eigenvalue weighted by molar-refractivity contribution is 0.0842. The van der Waals surface area contributed by atoms with Crippen molar-refractivity contribution in [3.05, 3.63) is 75.8 Å². The Bertz CT molecular complexity index is 1300. The zero-order valence-electron chi connectivity index (χ0n) is 16.7. The first-order valence-electron chi connectivity index (χ1n) is 10.5. The van der Waals surface area contributed by atoms with Gasteiger partial charge in [0.2, 0.25) is 0 Å². The Balaban J connectivity index is 1.60. The average molecular weight is 437 g/mol. The normalized spacial score (nSPS) is 22.8. The maximum Gasteiger partial charge on any atom is 0.0903 e. The summed E-state index contributed by atoms with van der Waals surface area (Å²) in [7, 11) is 0. The predicted molar refractivity (Wildman–Crippen MR) is 125 cm³/mol. The molecule has 0 saturated carbocycles. The molecule has 0 radical (unpaired) electrons. The van der Waals surface area contributed by atoms with Crippen LogP contribution in [0.3, 0.4) is 0 Å². The third kappa shape index (κ3) is 2.56. The summed E-state index contributed by atoms with van der Waals surface area (Å²) in [5, 5.41) is 7.79. The van der Waals surface area contributed by atoms with E-state index in [1.165, 1.54) is 27.4 Å². The van der Waals surface area contributed by atoms with E-state index in [0.29, 0.717) is 16.0 Å². The van der Waals surface area contributed by atoms with Gasteiger partial charge in [-0.15, -0.1) is 0 Å². The van der Waals surface area contributed by atoms with Gasteiger partial charge in [-0.3, -0.25) is 0 Å². The molecule has 6 rings (SSSR count). The first kappa shape index (κ1) is 18.6. The second-order valence-corrected chi connectivity index (χ2v) is 9.06. The van der Waals surface area contributed by atoms with Crippen molar-refractivity contribution in [2.24, 2.45) is 5.92 Å². The Kier molecular flexibility index (Phi) is 4.28. The lowest BCUT2D eigenvalue weighted by Crippen LogP contribution is -2.29. The number of ether oxygens (including phenoxy) is 1. The van der Waals surface area contributed by atoms with Crippen LogP contribution in [-0.4, -0.2) is 11.2 Å². The van der Waals surface area contributed by atoms with Crippen LogP contribution in [0.5, 0.6) is 0 Å². The maximum atomic E-state index is 6.61. The number of fused-ring (bicyclic) bond motifs is 7. The Hall–Kier alpha value is -2.20. The summed E-state index contributed by atoms with van der Waals surface area (Å²) in [5.74, 6) is 0.325. The molecule has 0 unspecified atom stereocenters. The van der Waals surface area contributed by atoms with Crippen molar-refractivity contribution in [3.63, 3.8) is 0 Å². The van der Waals surface area contributed by atoms with Crippen molar-refractivity contribution in [1.29, 1.82) is 0 Å². The molecule has 152 valence electrons. The molecule has 1 N–H and O–H groups in total. The Morgan fingerprint density at radius 2 is 1.93 bits per heavy atom. The van der Waals surface area contributed by atoms with Gasteiger partial charge >= 0.3 is 0 Å². The highest BCUT2D eigenvalue weighted by Crippen LogP contribution is 2.54. The van der Waals surface area contributed by atoms with Gasteiger partial charge in [0.15, 0.2) is 0 Å². The van der Waals surface area contributed by atoms with Crippen LogP contribution < -0.4 is 5.32 Å². The van der Waals surface area contributed by atoms with E-state index in [1.54, 1.807) is 0 Å². The number of halogens is 2. The Morgan fingerprint density at radius 1 is 1.07 bits per heavy atom. The molecule has 0 bridgehead atoms. The second kappa shape index (κ2) is 6.91. The molecule has 2 aliphatic rings. The number of hydrogen-bond donors (Lipinski definition) is 1. The van der Waals surface area contributed by atoms with Gasteiger partial charge < -0.3 is 14.6 Å². The highest BCUT2D eigenvalue weighted by atomic mass is 35.5. The number of benzene rings is 3. The van der Waals surface area contributed by atoms with Gasteiger partial charge in [-0.1, -0.05) is 47.5 Å². The molecular weight excluding hydrogens is 415 g/mol. The number of rotatable bonds is 2. The van der Waals surface area contributed by atoms with Gasteiger partial charge in [-0.2, -0.15) is 0 Å². The zero-order chi connectivity index (χ0) is 20.4. The fourth-order valence-electron chi connectivity index (χ4n) is 5.51. The number of aryl methyl sites for hydroxylation is 1. The lowest BCUT2D eigenvalue weighted by Gasteiger charge is -2.37. The molecule has 2 aliphatic heterocycles. The van der Waals surface area contributed by atoms with E-state index < -0.39 is 0 Å². The molecule has 0 spiro atoms. The first-order chi connectivity index (χ1) is 14.7. The quantitative estimate of drug-likeness (QED) is 0.354. The molecule has 3 atom stereocenters. The molecule has 3 aromatic carbocycles. The van der Waals surface area contributed by atoms with Crippen LogP contribution >= 0.6 is 23.2 Å². The Morgan fingerprint density at radius 3 is 2.77 bits per heavy atom. The number of nitrogens with one attached hydrogen (secondary N) is 1.